The molecule has 2 aromatic rings. The molecule has 0 aliphatic rings. The Labute approximate surface area is 108 Å². The molecular weight excluding hydrogens is 276 g/mol. The SMILES string of the molecule is N#CC(=Cc1ccncc1)c1ccc(Br)cc1. The zero-order chi connectivity index (χ0) is 12.1. The number of nitriles is 1. The molecule has 2 rings (SSSR count). The fourth-order valence-corrected chi connectivity index (χ4v) is 1.70. The third kappa shape index (κ3) is 3.02. The molecule has 0 N–H and O–H groups in total. The van der Waals surface area contributed by atoms with Crippen molar-refractivity contribution in [3.63, 3.8) is 0 Å². The lowest BCUT2D eigenvalue weighted by Gasteiger charge is -1.99. The summed E-state index contributed by atoms with van der Waals surface area (Å²) in [6.07, 6.45) is 5.27. The van der Waals surface area contributed by atoms with E-state index in [1.165, 1.54) is 0 Å². The largest absolute Gasteiger partial charge is 0.265 e. The second kappa shape index (κ2) is 5.42. The van der Waals surface area contributed by atoms with E-state index in [9.17, 15) is 0 Å². The average Bonchev–Trinajstić information content (AvgIpc) is 2.38. The highest BCUT2D eigenvalue weighted by Crippen LogP contribution is 2.19. The minimum Gasteiger partial charge on any atom is -0.265 e. The molecule has 0 unspecified atom stereocenters. The Bertz CT molecular complexity index is 565. The molecule has 1 aromatic carbocycles. The van der Waals surface area contributed by atoms with Crippen molar-refractivity contribution in [2.24, 2.45) is 0 Å². The number of benzene rings is 1. The Morgan fingerprint density at radius 3 is 2.35 bits per heavy atom. The van der Waals surface area contributed by atoms with Crippen LogP contribution in [0.4, 0.5) is 0 Å². The molecule has 1 aromatic heterocycles. The van der Waals surface area contributed by atoms with Gasteiger partial charge in [0.05, 0.1) is 11.6 Å². The highest BCUT2D eigenvalue weighted by atomic mass is 79.9. The number of aromatic nitrogens is 1. The smallest absolute Gasteiger partial charge is 0.0998 e. The molecule has 17 heavy (non-hydrogen) atoms. The molecule has 1 heterocycles. The normalized spacial score (nSPS) is 10.9. The lowest BCUT2D eigenvalue weighted by molar-refractivity contribution is 1.32. The maximum Gasteiger partial charge on any atom is 0.0998 e. The van der Waals surface area contributed by atoms with Gasteiger partial charge < -0.3 is 0 Å². The van der Waals surface area contributed by atoms with Crippen LogP contribution in [-0.4, -0.2) is 4.98 Å². The first-order valence-corrected chi connectivity index (χ1v) is 5.86. The maximum atomic E-state index is 9.16. The molecule has 0 aliphatic carbocycles. The van der Waals surface area contributed by atoms with Gasteiger partial charge in [-0.25, -0.2) is 0 Å². The number of halogens is 1. The van der Waals surface area contributed by atoms with Crippen LogP contribution in [0.1, 0.15) is 11.1 Å². The van der Waals surface area contributed by atoms with Gasteiger partial charge in [0.15, 0.2) is 0 Å². The van der Waals surface area contributed by atoms with Gasteiger partial charge in [0.1, 0.15) is 0 Å². The van der Waals surface area contributed by atoms with Crippen LogP contribution in [0.2, 0.25) is 0 Å². The molecule has 0 spiro atoms. The first kappa shape index (κ1) is 11.6. The van der Waals surface area contributed by atoms with Crippen LogP contribution in [0.15, 0.2) is 53.3 Å². The molecule has 0 bridgehead atoms. The summed E-state index contributed by atoms with van der Waals surface area (Å²) < 4.78 is 1.00. The van der Waals surface area contributed by atoms with E-state index < -0.39 is 0 Å². The Hall–Kier alpha value is -1.92. The molecule has 0 radical (unpaired) electrons. The van der Waals surface area contributed by atoms with E-state index in [1.54, 1.807) is 12.4 Å². The molecule has 0 amide bonds. The topological polar surface area (TPSA) is 36.7 Å². The number of allylic oxidation sites excluding steroid dienone is 1. The van der Waals surface area contributed by atoms with Crippen LogP contribution >= 0.6 is 15.9 Å². The summed E-state index contributed by atoms with van der Waals surface area (Å²) in [5, 5.41) is 9.16. The predicted molar refractivity (Wildman–Crippen MR) is 71.9 cm³/mol. The molecule has 0 saturated carbocycles. The van der Waals surface area contributed by atoms with Gasteiger partial charge >= 0.3 is 0 Å². The van der Waals surface area contributed by atoms with Gasteiger partial charge in [0, 0.05) is 16.9 Å². The van der Waals surface area contributed by atoms with Gasteiger partial charge in [-0.3, -0.25) is 4.98 Å². The summed E-state index contributed by atoms with van der Waals surface area (Å²) >= 11 is 3.37. The number of rotatable bonds is 2. The third-order valence-corrected chi connectivity index (χ3v) is 2.82. The standard InChI is InChI=1S/C14H9BrN2/c15-14-3-1-12(2-4-14)13(10-16)9-11-5-7-17-8-6-11/h1-9H. The van der Waals surface area contributed by atoms with Crippen molar-refractivity contribution in [2.75, 3.05) is 0 Å². The summed E-state index contributed by atoms with van der Waals surface area (Å²) in [7, 11) is 0. The fourth-order valence-electron chi connectivity index (χ4n) is 1.44. The number of nitrogens with zero attached hydrogens (tertiary/aromatic N) is 2. The van der Waals surface area contributed by atoms with Crippen molar-refractivity contribution in [1.29, 1.82) is 5.26 Å². The van der Waals surface area contributed by atoms with E-state index >= 15 is 0 Å². The Balaban J connectivity index is 2.38. The van der Waals surface area contributed by atoms with Crippen LogP contribution < -0.4 is 0 Å². The molecule has 0 saturated heterocycles. The average molecular weight is 285 g/mol. The quantitative estimate of drug-likeness (QED) is 0.784. The Morgan fingerprint density at radius 2 is 1.76 bits per heavy atom. The molecule has 82 valence electrons. The van der Waals surface area contributed by atoms with E-state index in [1.807, 2.05) is 42.5 Å². The van der Waals surface area contributed by atoms with Crippen molar-refractivity contribution in [3.05, 3.63) is 64.4 Å². The van der Waals surface area contributed by atoms with Crippen LogP contribution in [0.25, 0.3) is 11.6 Å². The van der Waals surface area contributed by atoms with E-state index in [-0.39, 0.29) is 0 Å². The highest BCUT2D eigenvalue weighted by molar-refractivity contribution is 9.10. The van der Waals surface area contributed by atoms with Gasteiger partial charge in [-0.05, 0) is 41.5 Å². The molecular formula is C14H9BrN2. The minimum atomic E-state index is 0.642. The van der Waals surface area contributed by atoms with Gasteiger partial charge in [-0.1, -0.05) is 28.1 Å². The fraction of sp³-hybridized carbons (Fsp3) is 0. The summed E-state index contributed by atoms with van der Waals surface area (Å²) in [5.41, 5.74) is 2.52. The van der Waals surface area contributed by atoms with Gasteiger partial charge in [-0.2, -0.15) is 5.26 Å². The van der Waals surface area contributed by atoms with Crippen molar-refractivity contribution < 1.29 is 0 Å². The number of hydrogen-bond acceptors (Lipinski definition) is 2. The third-order valence-electron chi connectivity index (χ3n) is 2.29. The Kier molecular flexibility index (Phi) is 3.69. The van der Waals surface area contributed by atoms with Crippen LogP contribution in [0.3, 0.4) is 0 Å². The van der Waals surface area contributed by atoms with E-state index in [0.717, 1.165) is 15.6 Å². The lowest BCUT2D eigenvalue weighted by Crippen LogP contribution is -1.82. The second-order valence-electron chi connectivity index (χ2n) is 3.46. The van der Waals surface area contributed by atoms with Crippen molar-refractivity contribution in [1.82, 2.24) is 4.98 Å². The van der Waals surface area contributed by atoms with E-state index in [4.69, 9.17) is 5.26 Å². The summed E-state index contributed by atoms with van der Waals surface area (Å²) in [6, 6.07) is 13.6. The molecule has 0 atom stereocenters. The lowest BCUT2D eigenvalue weighted by atomic mass is 10.0. The predicted octanol–water partition coefficient (Wildman–Crippen LogP) is 3.91. The minimum absolute atomic E-state index is 0.642. The van der Waals surface area contributed by atoms with Crippen molar-refractivity contribution in [2.45, 2.75) is 0 Å². The summed E-state index contributed by atoms with van der Waals surface area (Å²) in [6.45, 7) is 0. The monoisotopic (exact) mass is 284 g/mol. The van der Waals surface area contributed by atoms with Crippen LogP contribution in [-0.2, 0) is 0 Å². The van der Waals surface area contributed by atoms with Crippen molar-refractivity contribution >= 4 is 27.6 Å². The number of hydrogen-bond donors (Lipinski definition) is 0. The molecule has 0 aliphatic heterocycles. The van der Waals surface area contributed by atoms with Gasteiger partial charge in [0.2, 0.25) is 0 Å². The van der Waals surface area contributed by atoms with Gasteiger partial charge in [0.25, 0.3) is 0 Å². The van der Waals surface area contributed by atoms with Crippen LogP contribution in [0, 0.1) is 11.3 Å². The summed E-state index contributed by atoms with van der Waals surface area (Å²) in [5.74, 6) is 0. The second-order valence-corrected chi connectivity index (χ2v) is 4.37. The van der Waals surface area contributed by atoms with E-state index in [2.05, 4.69) is 27.0 Å². The summed E-state index contributed by atoms with van der Waals surface area (Å²) in [4.78, 5) is 3.94. The molecule has 3 heteroatoms. The number of pyridine rings is 1. The Morgan fingerprint density at radius 1 is 1.12 bits per heavy atom. The van der Waals surface area contributed by atoms with E-state index in [0.29, 0.717) is 5.57 Å². The highest BCUT2D eigenvalue weighted by Gasteiger charge is 2.00. The maximum absolute atomic E-state index is 9.16. The first-order valence-electron chi connectivity index (χ1n) is 5.07. The van der Waals surface area contributed by atoms with Gasteiger partial charge in [-0.15, -0.1) is 0 Å². The van der Waals surface area contributed by atoms with Crippen molar-refractivity contribution in [3.8, 4) is 6.07 Å². The zero-order valence-corrected chi connectivity index (χ0v) is 10.6. The first-order chi connectivity index (χ1) is 8.29. The van der Waals surface area contributed by atoms with Crippen LogP contribution in [0.5, 0.6) is 0 Å². The molecule has 2 nitrogen and oxygen atoms in total. The molecule has 0 fully saturated rings. The zero-order valence-electron chi connectivity index (χ0n) is 8.97.